The molecule has 0 aliphatic rings. The van der Waals surface area contributed by atoms with Crippen molar-refractivity contribution in [3.63, 3.8) is 0 Å². The topological polar surface area (TPSA) is 9.23 Å². The molecule has 1 aromatic carbocycles. The van der Waals surface area contributed by atoms with E-state index in [4.69, 9.17) is 4.74 Å². The Kier molecular flexibility index (Phi) is 4.17. The van der Waals surface area contributed by atoms with Gasteiger partial charge in [0.25, 0.3) is 0 Å². The van der Waals surface area contributed by atoms with Crippen LogP contribution in [0, 0.1) is 5.92 Å². The molecule has 0 N–H and O–H groups in total. The smallest absolute Gasteiger partial charge is 0.127 e. The molecule has 0 aliphatic carbocycles. The van der Waals surface area contributed by atoms with Gasteiger partial charge in [-0.1, -0.05) is 57.4 Å². The third-order valence-electron chi connectivity index (χ3n) is 2.29. The zero-order chi connectivity index (χ0) is 11.3. The van der Waals surface area contributed by atoms with Crippen LogP contribution in [0.5, 0.6) is 5.75 Å². The standard InChI is InChI=1S/C14H18O/c1-5-12-9-7-8-10-14(12)15-13(6-2)11(3)4/h5-11,13H,1-2H2,3-4H3. The van der Waals surface area contributed by atoms with Crippen molar-refractivity contribution >= 4 is 6.08 Å². The van der Waals surface area contributed by atoms with Crippen LogP contribution < -0.4 is 4.74 Å². The largest absolute Gasteiger partial charge is 0.485 e. The average Bonchev–Trinajstić information content (AvgIpc) is 2.25. The summed E-state index contributed by atoms with van der Waals surface area (Å²) in [7, 11) is 0. The fourth-order valence-electron chi connectivity index (χ4n) is 1.36. The summed E-state index contributed by atoms with van der Waals surface area (Å²) in [5.41, 5.74) is 1.02. The van der Waals surface area contributed by atoms with Crippen molar-refractivity contribution in [3.8, 4) is 5.75 Å². The van der Waals surface area contributed by atoms with E-state index in [1.54, 1.807) is 6.08 Å². The molecule has 1 aromatic rings. The predicted molar refractivity (Wildman–Crippen MR) is 66.0 cm³/mol. The molecule has 1 atom stereocenters. The molecule has 15 heavy (non-hydrogen) atoms. The highest BCUT2D eigenvalue weighted by atomic mass is 16.5. The normalized spacial score (nSPS) is 12.2. The number of para-hydroxylation sites is 1. The summed E-state index contributed by atoms with van der Waals surface area (Å²) in [4.78, 5) is 0. The molecule has 0 amide bonds. The van der Waals surface area contributed by atoms with E-state index in [2.05, 4.69) is 27.0 Å². The van der Waals surface area contributed by atoms with Gasteiger partial charge in [-0.25, -0.2) is 0 Å². The Morgan fingerprint density at radius 3 is 2.40 bits per heavy atom. The van der Waals surface area contributed by atoms with Crippen LogP contribution in [-0.4, -0.2) is 6.10 Å². The first-order chi connectivity index (χ1) is 7.19. The Morgan fingerprint density at radius 1 is 1.20 bits per heavy atom. The molecule has 1 rings (SSSR count). The maximum atomic E-state index is 5.86. The van der Waals surface area contributed by atoms with Crippen LogP contribution in [0.25, 0.3) is 6.08 Å². The lowest BCUT2D eigenvalue weighted by Crippen LogP contribution is -2.20. The molecule has 0 saturated heterocycles. The number of hydrogen-bond donors (Lipinski definition) is 0. The molecule has 0 aliphatic heterocycles. The third-order valence-corrected chi connectivity index (χ3v) is 2.29. The van der Waals surface area contributed by atoms with E-state index in [1.807, 2.05) is 30.3 Å². The zero-order valence-electron chi connectivity index (χ0n) is 9.44. The van der Waals surface area contributed by atoms with E-state index in [9.17, 15) is 0 Å². The van der Waals surface area contributed by atoms with Gasteiger partial charge in [0.1, 0.15) is 11.9 Å². The molecule has 0 saturated carbocycles. The highest BCUT2D eigenvalue weighted by Gasteiger charge is 2.11. The summed E-state index contributed by atoms with van der Waals surface area (Å²) in [6, 6.07) is 7.88. The minimum atomic E-state index is 0.0473. The molecule has 0 aromatic heterocycles. The predicted octanol–water partition coefficient (Wildman–Crippen LogP) is 3.92. The second-order valence-corrected chi connectivity index (χ2v) is 3.80. The first-order valence-corrected chi connectivity index (χ1v) is 5.19. The molecule has 0 radical (unpaired) electrons. The molecule has 1 unspecified atom stereocenters. The number of ether oxygens (including phenoxy) is 1. The number of hydrogen-bond acceptors (Lipinski definition) is 1. The van der Waals surface area contributed by atoms with Crippen LogP contribution in [0.2, 0.25) is 0 Å². The summed E-state index contributed by atoms with van der Waals surface area (Å²) >= 11 is 0. The van der Waals surface area contributed by atoms with Crippen LogP contribution in [0.1, 0.15) is 19.4 Å². The van der Waals surface area contributed by atoms with Gasteiger partial charge in [-0.15, -0.1) is 0 Å². The molecule has 1 heteroatoms. The Morgan fingerprint density at radius 2 is 1.87 bits per heavy atom. The molecule has 80 valence electrons. The molecule has 0 spiro atoms. The van der Waals surface area contributed by atoms with Crippen molar-refractivity contribution in [1.29, 1.82) is 0 Å². The molecule has 0 heterocycles. The van der Waals surface area contributed by atoms with E-state index in [0.29, 0.717) is 5.92 Å². The van der Waals surface area contributed by atoms with Crippen LogP contribution in [-0.2, 0) is 0 Å². The van der Waals surface area contributed by atoms with Crippen LogP contribution in [0.15, 0.2) is 43.5 Å². The van der Waals surface area contributed by atoms with E-state index < -0.39 is 0 Å². The summed E-state index contributed by atoms with van der Waals surface area (Å²) in [5.74, 6) is 1.28. The van der Waals surface area contributed by atoms with Crippen molar-refractivity contribution in [1.82, 2.24) is 0 Å². The van der Waals surface area contributed by atoms with Gasteiger partial charge in [-0.2, -0.15) is 0 Å². The average molecular weight is 202 g/mol. The van der Waals surface area contributed by atoms with Crippen molar-refractivity contribution in [3.05, 3.63) is 49.1 Å². The highest BCUT2D eigenvalue weighted by molar-refractivity contribution is 5.55. The molecule has 0 bridgehead atoms. The Bertz CT molecular complexity index is 339. The number of rotatable bonds is 5. The SMILES string of the molecule is C=Cc1ccccc1OC(C=C)C(C)C. The highest BCUT2D eigenvalue weighted by Crippen LogP contribution is 2.22. The number of benzene rings is 1. The minimum absolute atomic E-state index is 0.0473. The fraction of sp³-hybridized carbons (Fsp3) is 0.286. The second-order valence-electron chi connectivity index (χ2n) is 3.80. The molecular weight excluding hydrogens is 184 g/mol. The molecule has 1 nitrogen and oxygen atoms in total. The lowest BCUT2D eigenvalue weighted by atomic mass is 10.1. The first kappa shape index (κ1) is 11.6. The van der Waals surface area contributed by atoms with Gasteiger partial charge in [0.15, 0.2) is 0 Å². The monoisotopic (exact) mass is 202 g/mol. The first-order valence-electron chi connectivity index (χ1n) is 5.19. The van der Waals surface area contributed by atoms with E-state index in [1.165, 1.54) is 0 Å². The zero-order valence-corrected chi connectivity index (χ0v) is 9.44. The lowest BCUT2D eigenvalue weighted by Gasteiger charge is -2.20. The van der Waals surface area contributed by atoms with Crippen LogP contribution in [0.3, 0.4) is 0 Å². The van der Waals surface area contributed by atoms with Gasteiger partial charge < -0.3 is 4.74 Å². The van der Waals surface area contributed by atoms with Crippen molar-refractivity contribution < 1.29 is 4.74 Å². The summed E-state index contributed by atoms with van der Waals surface area (Å²) in [6.07, 6.45) is 3.69. The minimum Gasteiger partial charge on any atom is -0.485 e. The van der Waals surface area contributed by atoms with E-state index in [0.717, 1.165) is 11.3 Å². The van der Waals surface area contributed by atoms with Gasteiger partial charge >= 0.3 is 0 Å². The quantitative estimate of drug-likeness (QED) is 0.657. The summed E-state index contributed by atoms with van der Waals surface area (Å²) in [5, 5.41) is 0. The van der Waals surface area contributed by atoms with Crippen LogP contribution >= 0.6 is 0 Å². The van der Waals surface area contributed by atoms with Gasteiger partial charge in [-0.05, 0) is 12.0 Å². The lowest BCUT2D eigenvalue weighted by molar-refractivity contribution is 0.197. The maximum absolute atomic E-state index is 5.86. The van der Waals surface area contributed by atoms with Gasteiger partial charge in [0, 0.05) is 5.56 Å². The van der Waals surface area contributed by atoms with Gasteiger partial charge in [-0.3, -0.25) is 0 Å². The second kappa shape index (κ2) is 5.40. The van der Waals surface area contributed by atoms with Crippen molar-refractivity contribution in [2.24, 2.45) is 5.92 Å². The third kappa shape index (κ3) is 2.98. The van der Waals surface area contributed by atoms with E-state index in [-0.39, 0.29) is 6.10 Å². The van der Waals surface area contributed by atoms with Gasteiger partial charge in [0.05, 0.1) is 0 Å². The van der Waals surface area contributed by atoms with E-state index >= 15 is 0 Å². The Balaban J connectivity index is 2.87. The van der Waals surface area contributed by atoms with Crippen molar-refractivity contribution in [2.45, 2.75) is 20.0 Å². The van der Waals surface area contributed by atoms with Crippen LogP contribution in [0.4, 0.5) is 0 Å². The summed E-state index contributed by atoms with van der Waals surface area (Å²) in [6.45, 7) is 11.8. The summed E-state index contributed by atoms with van der Waals surface area (Å²) < 4.78 is 5.86. The maximum Gasteiger partial charge on any atom is 0.127 e. The molecule has 0 fully saturated rings. The Labute approximate surface area is 92.1 Å². The van der Waals surface area contributed by atoms with Gasteiger partial charge in [0.2, 0.25) is 0 Å². The fourth-order valence-corrected chi connectivity index (χ4v) is 1.36. The van der Waals surface area contributed by atoms with Crippen molar-refractivity contribution in [2.75, 3.05) is 0 Å². The Hall–Kier alpha value is -1.50. The molecular formula is C14H18O.